The normalized spacial score (nSPS) is 26.9. The number of methoxy groups -OCH3 is 1. The molecule has 4 unspecified atom stereocenters. The first kappa shape index (κ1) is 26.2. The van der Waals surface area contributed by atoms with Crippen molar-refractivity contribution >= 4 is 18.0 Å². The Hall–Kier alpha value is -2.36. The van der Waals surface area contributed by atoms with Crippen LogP contribution in [0, 0.1) is 28.6 Å². The largest absolute Gasteiger partial charge is 0.466 e. The number of benzene rings is 1. The lowest BCUT2D eigenvalue weighted by molar-refractivity contribution is -0.140. The van der Waals surface area contributed by atoms with E-state index in [0.717, 1.165) is 36.8 Å². The second-order valence-corrected chi connectivity index (χ2v) is 11.2. The first-order chi connectivity index (χ1) is 16.2. The van der Waals surface area contributed by atoms with Crippen LogP contribution in [0.2, 0.25) is 0 Å². The Kier molecular flexibility index (Phi) is 8.78. The molecule has 2 aliphatic carbocycles. The maximum atomic E-state index is 12.7. The third-order valence-corrected chi connectivity index (χ3v) is 8.46. The van der Waals surface area contributed by atoms with E-state index >= 15 is 0 Å². The van der Waals surface area contributed by atoms with Crippen LogP contribution >= 0.6 is 0 Å². The Morgan fingerprint density at radius 1 is 1.12 bits per heavy atom. The van der Waals surface area contributed by atoms with E-state index in [0.29, 0.717) is 18.4 Å². The second-order valence-electron chi connectivity index (χ2n) is 11.2. The number of rotatable bonds is 9. The molecule has 0 bridgehead atoms. The monoisotopic (exact) mass is 466 g/mol. The minimum atomic E-state index is -0.306. The Labute approximate surface area is 205 Å². The molecule has 0 amide bonds. The van der Waals surface area contributed by atoms with Gasteiger partial charge in [0, 0.05) is 11.6 Å². The fraction of sp³-hybridized carbons (Fsp3) is 0.600. The van der Waals surface area contributed by atoms with Crippen LogP contribution in [-0.2, 0) is 19.1 Å². The quantitative estimate of drug-likeness (QED) is 0.290. The number of esters is 2. The first-order valence-corrected chi connectivity index (χ1v) is 12.9. The molecule has 0 heterocycles. The molecule has 34 heavy (non-hydrogen) atoms. The van der Waals surface area contributed by atoms with Crippen molar-refractivity contribution in [1.82, 2.24) is 0 Å². The summed E-state index contributed by atoms with van der Waals surface area (Å²) in [7, 11) is 1.49. The number of fused-ring (bicyclic) bond motifs is 1. The van der Waals surface area contributed by atoms with E-state index in [1.807, 2.05) is 30.3 Å². The topological polar surface area (TPSA) is 52.6 Å². The third kappa shape index (κ3) is 6.20. The van der Waals surface area contributed by atoms with Gasteiger partial charge < -0.3 is 9.47 Å². The Morgan fingerprint density at radius 2 is 1.85 bits per heavy atom. The molecular formula is C30H42O4. The van der Waals surface area contributed by atoms with Crippen molar-refractivity contribution in [2.45, 2.75) is 72.6 Å². The molecule has 0 N–H and O–H groups in total. The molecule has 0 saturated heterocycles. The van der Waals surface area contributed by atoms with E-state index in [1.54, 1.807) is 6.08 Å². The lowest BCUT2D eigenvalue weighted by Crippen LogP contribution is -2.49. The Morgan fingerprint density at radius 3 is 2.56 bits per heavy atom. The van der Waals surface area contributed by atoms with Gasteiger partial charge in [-0.2, -0.15) is 0 Å². The zero-order chi connectivity index (χ0) is 24.8. The van der Waals surface area contributed by atoms with Gasteiger partial charge in [-0.05, 0) is 78.7 Å². The fourth-order valence-electron chi connectivity index (χ4n) is 6.48. The van der Waals surface area contributed by atoms with Crippen LogP contribution in [0.3, 0.4) is 0 Å². The zero-order valence-corrected chi connectivity index (χ0v) is 21.6. The van der Waals surface area contributed by atoms with Crippen LogP contribution < -0.4 is 0 Å². The number of hydrogen-bond donors (Lipinski definition) is 0. The van der Waals surface area contributed by atoms with E-state index in [9.17, 15) is 9.59 Å². The van der Waals surface area contributed by atoms with Gasteiger partial charge in [0.25, 0.3) is 0 Å². The van der Waals surface area contributed by atoms with Crippen molar-refractivity contribution in [3.63, 3.8) is 0 Å². The highest BCUT2D eigenvalue weighted by atomic mass is 16.5. The zero-order valence-electron chi connectivity index (χ0n) is 21.6. The van der Waals surface area contributed by atoms with Crippen molar-refractivity contribution in [2.75, 3.05) is 13.7 Å². The maximum Gasteiger partial charge on any atom is 0.333 e. The molecule has 186 valence electrons. The molecule has 4 nitrogen and oxygen atoms in total. The highest BCUT2D eigenvalue weighted by Crippen LogP contribution is 2.60. The average molecular weight is 467 g/mol. The van der Waals surface area contributed by atoms with Crippen molar-refractivity contribution < 1.29 is 19.1 Å². The summed E-state index contributed by atoms with van der Waals surface area (Å²) in [5.41, 5.74) is 2.27. The molecule has 4 atom stereocenters. The molecule has 0 radical (unpaired) electrons. The van der Waals surface area contributed by atoms with E-state index in [1.165, 1.54) is 32.4 Å². The minimum absolute atomic E-state index is 0.119. The lowest BCUT2D eigenvalue weighted by Gasteiger charge is -2.56. The Bertz CT molecular complexity index is 898. The summed E-state index contributed by atoms with van der Waals surface area (Å²) in [4.78, 5) is 24.7. The summed E-state index contributed by atoms with van der Waals surface area (Å²) in [5, 5.41) is 0. The number of ether oxygens (including phenoxy) is 2. The minimum Gasteiger partial charge on any atom is -0.466 e. The van der Waals surface area contributed by atoms with Crippen molar-refractivity contribution in [2.24, 2.45) is 28.6 Å². The maximum absolute atomic E-state index is 12.7. The van der Waals surface area contributed by atoms with Crippen LogP contribution in [0.5, 0.6) is 0 Å². The van der Waals surface area contributed by atoms with E-state index in [2.05, 4.69) is 33.8 Å². The Balaban J connectivity index is 1.55. The smallest absolute Gasteiger partial charge is 0.333 e. The number of carbonyl (C=O) groups excluding carboxylic acids is 2. The van der Waals surface area contributed by atoms with E-state index < -0.39 is 0 Å². The van der Waals surface area contributed by atoms with Crippen LogP contribution in [0.25, 0.3) is 6.08 Å². The highest BCUT2D eigenvalue weighted by molar-refractivity contribution is 5.89. The van der Waals surface area contributed by atoms with Gasteiger partial charge >= 0.3 is 11.9 Å². The van der Waals surface area contributed by atoms with Gasteiger partial charge in [-0.3, -0.25) is 0 Å². The first-order valence-electron chi connectivity index (χ1n) is 12.9. The lowest BCUT2D eigenvalue weighted by atomic mass is 9.48. The standard InChI is InChI=1S/C30H42O4/c1-22(18-21-34-27(31)17-13-23-10-7-6-8-11-23)12-15-25-24(28(32)33-5)14-16-26-29(2,3)19-9-20-30(25,26)4/h6-8,10-11,13-14,17,22,25-26H,9,12,15-16,18-21H2,1-5H3. The van der Waals surface area contributed by atoms with Gasteiger partial charge in [0.2, 0.25) is 0 Å². The van der Waals surface area contributed by atoms with Gasteiger partial charge in [0.05, 0.1) is 13.7 Å². The summed E-state index contributed by atoms with van der Waals surface area (Å²) in [6, 6.07) is 9.73. The molecule has 0 aliphatic heterocycles. The summed E-state index contributed by atoms with van der Waals surface area (Å²) in [5.74, 6) is 0.737. The fourth-order valence-corrected chi connectivity index (χ4v) is 6.48. The predicted molar refractivity (Wildman–Crippen MR) is 137 cm³/mol. The molecular weight excluding hydrogens is 424 g/mol. The molecule has 3 rings (SSSR count). The molecule has 2 aliphatic rings. The molecule has 0 spiro atoms. The van der Waals surface area contributed by atoms with Crippen LogP contribution in [0.15, 0.2) is 48.1 Å². The van der Waals surface area contributed by atoms with Gasteiger partial charge in [0.15, 0.2) is 0 Å². The molecule has 1 aromatic rings. The predicted octanol–water partition coefficient (Wildman–Crippen LogP) is 7.00. The third-order valence-electron chi connectivity index (χ3n) is 8.46. The summed E-state index contributed by atoms with van der Waals surface area (Å²) in [6.07, 6.45) is 12.8. The van der Waals surface area contributed by atoms with Crippen molar-refractivity contribution in [3.05, 3.63) is 53.6 Å². The number of hydrogen-bond acceptors (Lipinski definition) is 4. The van der Waals surface area contributed by atoms with Crippen molar-refractivity contribution in [1.29, 1.82) is 0 Å². The van der Waals surface area contributed by atoms with Crippen LogP contribution in [-0.4, -0.2) is 25.7 Å². The molecule has 1 saturated carbocycles. The highest BCUT2D eigenvalue weighted by Gasteiger charge is 2.53. The summed E-state index contributed by atoms with van der Waals surface area (Å²) in [6.45, 7) is 9.82. The van der Waals surface area contributed by atoms with Crippen molar-refractivity contribution in [3.8, 4) is 0 Å². The number of carbonyl (C=O) groups is 2. The van der Waals surface area contributed by atoms with E-state index in [4.69, 9.17) is 9.47 Å². The SMILES string of the molecule is COC(=O)C1=CCC2C(C)(C)CCCC2(C)C1CCC(C)CCOC(=O)C=Cc1ccccc1. The van der Waals surface area contributed by atoms with E-state index in [-0.39, 0.29) is 28.7 Å². The van der Waals surface area contributed by atoms with Gasteiger partial charge in [-0.15, -0.1) is 0 Å². The number of allylic oxidation sites excluding steroid dienone is 1. The van der Waals surface area contributed by atoms with Gasteiger partial charge in [-0.25, -0.2) is 9.59 Å². The van der Waals surface area contributed by atoms with Crippen LogP contribution in [0.4, 0.5) is 0 Å². The molecule has 1 fully saturated rings. The van der Waals surface area contributed by atoms with Gasteiger partial charge in [-0.1, -0.05) is 70.5 Å². The summed E-state index contributed by atoms with van der Waals surface area (Å²) < 4.78 is 10.6. The molecule has 1 aromatic carbocycles. The molecule has 0 aromatic heterocycles. The second kappa shape index (κ2) is 11.4. The summed E-state index contributed by atoms with van der Waals surface area (Å²) >= 11 is 0. The molecule has 4 heteroatoms. The van der Waals surface area contributed by atoms with Crippen LogP contribution in [0.1, 0.15) is 78.2 Å². The average Bonchev–Trinajstić information content (AvgIpc) is 2.81. The van der Waals surface area contributed by atoms with Gasteiger partial charge in [0.1, 0.15) is 0 Å².